The molecule has 0 spiro atoms. The lowest BCUT2D eigenvalue weighted by Crippen LogP contribution is -2.51. The molecular weight excluding hydrogens is 499 g/mol. The average Bonchev–Trinajstić information content (AvgIpc) is 2.88. The zero-order valence-corrected chi connectivity index (χ0v) is 22.4. The summed E-state index contributed by atoms with van der Waals surface area (Å²) in [6.07, 6.45) is 6.64. The van der Waals surface area contributed by atoms with Crippen LogP contribution in [0.4, 0.5) is 11.6 Å². The van der Waals surface area contributed by atoms with E-state index < -0.39 is 5.97 Å². The molecule has 2 saturated heterocycles. The van der Waals surface area contributed by atoms with Crippen LogP contribution in [-0.4, -0.2) is 65.4 Å². The molecule has 1 aromatic heterocycles. The number of anilines is 2. The second kappa shape index (κ2) is 12.2. The Morgan fingerprint density at radius 1 is 1.22 bits per heavy atom. The number of likely N-dealkylation sites (tertiary alicyclic amines) is 1. The van der Waals surface area contributed by atoms with Gasteiger partial charge in [-0.1, -0.05) is 42.6 Å². The second-order valence-corrected chi connectivity index (χ2v) is 10.3. The predicted octanol–water partition coefficient (Wildman–Crippen LogP) is 5.03. The zero-order valence-electron chi connectivity index (χ0n) is 20.9. The number of carbonyl (C=O) groups is 1. The fourth-order valence-corrected chi connectivity index (χ4v) is 5.59. The third kappa shape index (κ3) is 6.28. The molecule has 2 aliphatic rings. The molecule has 2 N–H and O–H groups in total. The molecule has 1 aromatic carbocycles. The molecule has 8 nitrogen and oxygen atoms in total. The Morgan fingerprint density at radius 3 is 2.69 bits per heavy atom. The van der Waals surface area contributed by atoms with Gasteiger partial charge in [0.15, 0.2) is 11.5 Å². The first kappa shape index (κ1) is 26.6. The molecule has 4 rings (SSSR count). The number of esters is 1. The van der Waals surface area contributed by atoms with Crippen molar-refractivity contribution in [2.45, 2.75) is 52.1 Å². The van der Waals surface area contributed by atoms with Crippen LogP contribution in [0.1, 0.15) is 50.8 Å². The maximum atomic E-state index is 12.3. The zero-order chi connectivity index (χ0) is 25.7. The maximum Gasteiger partial charge on any atom is 0.358 e. The summed E-state index contributed by atoms with van der Waals surface area (Å²) in [5.41, 5.74) is 0.633. The molecule has 2 aliphatic heterocycles. The normalized spacial score (nSPS) is 20.7. The van der Waals surface area contributed by atoms with Gasteiger partial charge >= 0.3 is 5.97 Å². The second-order valence-electron chi connectivity index (χ2n) is 9.49. The first-order chi connectivity index (χ1) is 17.4. The number of nitrogens with zero attached hydrogens (tertiary/aromatic N) is 4. The predicted molar refractivity (Wildman–Crippen MR) is 144 cm³/mol. The molecular formula is C26H34Cl2N6O2. The highest BCUT2D eigenvalue weighted by Crippen LogP contribution is 2.29. The maximum absolute atomic E-state index is 12.3. The average molecular weight is 534 g/mol. The molecule has 0 amide bonds. The van der Waals surface area contributed by atoms with Crippen molar-refractivity contribution < 1.29 is 9.53 Å². The van der Waals surface area contributed by atoms with Gasteiger partial charge < -0.3 is 15.0 Å². The third-order valence-electron chi connectivity index (χ3n) is 6.98. The lowest BCUT2D eigenvalue weighted by molar-refractivity contribution is -0.135. The summed E-state index contributed by atoms with van der Waals surface area (Å²) in [4.78, 5) is 26.5. The van der Waals surface area contributed by atoms with Gasteiger partial charge in [0.25, 0.3) is 0 Å². The minimum Gasteiger partial charge on any atom is -0.461 e. The summed E-state index contributed by atoms with van der Waals surface area (Å²) >= 11 is 12.4. The molecule has 0 saturated carbocycles. The number of hydrogen-bond acceptors (Lipinski definition) is 8. The van der Waals surface area contributed by atoms with E-state index in [1.54, 1.807) is 25.3 Å². The van der Waals surface area contributed by atoms with Gasteiger partial charge in [0.2, 0.25) is 0 Å². The van der Waals surface area contributed by atoms with Crippen LogP contribution in [0.15, 0.2) is 24.4 Å². The molecule has 36 heavy (non-hydrogen) atoms. The van der Waals surface area contributed by atoms with Crippen LogP contribution in [0.3, 0.4) is 0 Å². The van der Waals surface area contributed by atoms with E-state index >= 15 is 0 Å². The Morgan fingerprint density at radius 2 is 2.00 bits per heavy atom. The van der Waals surface area contributed by atoms with Crippen molar-refractivity contribution in [3.05, 3.63) is 45.7 Å². The van der Waals surface area contributed by atoms with Crippen LogP contribution in [0.5, 0.6) is 0 Å². The van der Waals surface area contributed by atoms with Crippen molar-refractivity contribution in [1.82, 2.24) is 14.9 Å². The molecule has 0 bridgehead atoms. The van der Waals surface area contributed by atoms with Crippen molar-refractivity contribution >= 4 is 46.5 Å². The molecule has 2 atom stereocenters. The minimum absolute atomic E-state index is 0.151. The van der Waals surface area contributed by atoms with Gasteiger partial charge in [-0.25, -0.2) is 14.8 Å². The number of carbonyl (C=O) groups excluding carboxylic acids is 1. The van der Waals surface area contributed by atoms with E-state index in [-0.39, 0.29) is 18.0 Å². The van der Waals surface area contributed by atoms with Crippen molar-refractivity contribution in [1.29, 1.82) is 5.41 Å². The molecule has 10 heteroatoms. The van der Waals surface area contributed by atoms with Crippen molar-refractivity contribution in [3.63, 3.8) is 0 Å². The van der Waals surface area contributed by atoms with Gasteiger partial charge in [-0.2, -0.15) is 0 Å². The van der Waals surface area contributed by atoms with Crippen LogP contribution in [0.25, 0.3) is 0 Å². The van der Waals surface area contributed by atoms with Crippen molar-refractivity contribution in [3.8, 4) is 0 Å². The number of aromatic nitrogens is 2. The number of halogens is 2. The topological polar surface area (TPSA) is 94.4 Å². The largest absolute Gasteiger partial charge is 0.461 e. The summed E-state index contributed by atoms with van der Waals surface area (Å²) in [5.74, 6) is 0.843. The summed E-state index contributed by atoms with van der Waals surface area (Å²) in [7, 11) is 0. The van der Waals surface area contributed by atoms with E-state index in [0.29, 0.717) is 34.4 Å². The summed E-state index contributed by atoms with van der Waals surface area (Å²) in [5, 5.41) is 12.7. The van der Waals surface area contributed by atoms with Gasteiger partial charge in [0.05, 0.1) is 12.8 Å². The highest BCUT2D eigenvalue weighted by Gasteiger charge is 2.32. The van der Waals surface area contributed by atoms with Crippen LogP contribution < -0.4 is 10.2 Å². The van der Waals surface area contributed by atoms with E-state index in [2.05, 4.69) is 27.0 Å². The standard InChI is InChI=1S/C26H34Cl2N6O2/c1-3-36-26(35)23(29)24-25(31-14-18-7-8-19(27)13-20(18)28)32-22(15-30-24)34-12-9-21(17(2)16-34)33-10-5-4-6-11-33/h7-8,13,15,17,21,29H,3-6,9-12,14,16H2,1-2H3,(H,31,32). The Balaban J connectivity index is 1.54. The fourth-order valence-electron chi connectivity index (χ4n) is 5.12. The monoisotopic (exact) mass is 532 g/mol. The van der Waals surface area contributed by atoms with Crippen LogP contribution in [0, 0.1) is 11.3 Å². The van der Waals surface area contributed by atoms with E-state index in [1.165, 1.54) is 32.4 Å². The van der Waals surface area contributed by atoms with Crippen molar-refractivity contribution in [2.24, 2.45) is 5.92 Å². The SMILES string of the molecule is CCOC(=O)C(=N)c1ncc(N2CCC(N3CCCCC3)C(C)C2)nc1NCc1ccc(Cl)cc1Cl. The number of ether oxygens (including phenoxy) is 1. The Labute approximate surface area is 222 Å². The first-order valence-electron chi connectivity index (χ1n) is 12.7. The van der Waals surface area contributed by atoms with Gasteiger partial charge in [0, 0.05) is 35.7 Å². The number of piperidine rings is 2. The van der Waals surface area contributed by atoms with E-state index in [9.17, 15) is 4.79 Å². The van der Waals surface area contributed by atoms with E-state index in [4.69, 9.17) is 38.3 Å². The van der Waals surface area contributed by atoms with E-state index in [0.717, 1.165) is 30.9 Å². The van der Waals surface area contributed by atoms with Gasteiger partial charge in [-0.05, 0) is 62.9 Å². The number of benzene rings is 1. The number of rotatable bonds is 8. The summed E-state index contributed by atoms with van der Waals surface area (Å²) in [6, 6.07) is 5.87. The smallest absolute Gasteiger partial charge is 0.358 e. The van der Waals surface area contributed by atoms with Gasteiger partial charge in [-0.3, -0.25) is 10.3 Å². The number of nitrogens with one attached hydrogen (secondary N) is 2. The third-order valence-corrected chi connectivity index (χ3v) is 7.57. The minimum atomic E-state index is -0.733. The number of hydrogen-bond donors (Lipinski definition) is 2. The Hall–Kier alpha value is -2.42. The summed E-state index contributed by atoms with van der Waals surface area (Å²) < 4.78 is 5.03. The van der Waals surface area contributed by atoms with Crippen LogP contribution in [0.2, 0.25) is 10.0 Å². The highest BCUT2D eigenvalue weighted by atomic mass is 35.5. The van der Waals surface area contributed by atoms with Gasteiger partial charge in [-0.15, -0.1) is 0 Å². The Bertz CT molecular complexity index is 1090. The van der Waals surface area contributed by atoms with E-state index in [1.807, 2.05) is 6.07 Å². The van der Waals surface area contributed by atoms with Crippen molar-refractivity contribution in [2.75, 3.05) is 43.0 Å². The lowest BCUT2D eigenvalue weighted by Gasteiger charge is -2.44. The molecule has 0 aliphatic carbocycles. The lowest BCUT2D eigenvalue weighted by atomic mass is 9.91. The molecule has 2 unspecified atom stereocenters. The molecule has 2 aromatic rings. The fraction of sp³-hybridized carbons (Fsp3) is 0.538. The molecule has 194 valence electrons. The van der Waals surface area contributed by atoms with Crippen LogP contribution in [-0.2, 0) is 16.1 Å². The van der Waals surface area contributed by atoms with Gasteiger partial charge in [0.1, 0.15) is 11.5 Å². The molecule has 0 radical (unpaired) electrons. The molecule has 3 heterocycles. The first-order valence-corrected chi connectivity index (χ1v) is 13.4. The van der Waals surface area contributed by atoms with Crippen LogP contribution >= 0.6 is 23.2 Å². The quantitative estimate of drug-likeness (QED) is 0.363. The Kier molecular flexibility index (Phi) is 9.04. The highest BCUT2D eigenvalue weighted by molar-refractivity contribution is 6.42. The molecule has 2 fully saturated rings. The summed E-state index contributed by atoms with van der Waals surface area (Å²) in [6.45, 7) is 8.69.